The number of aromatic nitrogens is 2. The van der Waals surface area contributed by atoms with Gasteiger partial charge in [-0.3, -0.25) is 9.80 Å². The highest BCUT2D eigenvalue weighted by atomic mass is 16.5. The van der Waals surface area contributed by atoms with Crippen molar-refractivity contribution in [2.24, 2.45) is 0 Å². The topological polar surface area (TPSA) is 170 Å². The lowest BCUT2D eigenvalue weighted by molar-refractivity contribution is 0.00331. The van der Waals surface area contributed by atoms with Gasteiger partial charge in [-0.1, -0.05) is 38.1 Å². The van der Waals surface area contributed by atoms with Gasteiger partial charge in [0.25, 0.3) is 0 Å². The van der Waals surface area contributed by atoms with Gasteiger partial charge in [0.2, 0.25) is 0 Å². The molecule has 0 aliphatic carbocycles. The van der Waals surface area contributed by atoms with Crippen LogP contribution in [-0.2, 0) is 25.5 Å². The lowest BCUT2D eigenvalue weighted by Gasteiger charge is -2.32. The molecule has 1 atom stereocenters. The van der Waals surface area contributed by atoms with E-state index in [-0.39, 0.29) is 17.4 Å². The first-order valence-electron chi connectivity index (χ1n) is 15.9. The summed E-state index contributed by atoms with van der Waals surface area (Å²) in [7, 11) is 0. The maximum atomic E-state index is 11.7. The van der Waals surface area contributed by atoms with E-state index in [0.29, 0.717) is 103 Å². The van der Waals surface area contributed by atoms with Gasteiger partial charge in [-0.15, -0.1) is 0 Å². The van der Waals surface area contributed by atoms with E-state index in [9.17, 15) is 19.8 Å². The van der Waals surface area contributed by atoms with Crippen molar-refractivity contribution < 1.29 is 38.7 Å². The van der Waals surface area contributed by atoms with Crippen LogP contribution in [0.5, 0.6) is 0 Å². The van der Waals surface area contributed by atoms with Crippen molar-refractivity contribution in [2.75, 3.05) is 84.8 Å². The highest BCUT2D eigenvalue weighted by molar-refractivity contribution is 5.85. The fourth-order valence-corrected chi connectivity index (χ4v) is 4.92. The van der Waals surface area contributed by atoms with E-state index < -0.39 is 11.9 Å². The van der Waals surface area contributed by atoms with E-state index in [4.69, 9.17) is 24.7 Å². The molecule has 0 radical (unpaired) electrons. The molecule has 1 unspecified atom stereocenters. The summed E-state index contributed by atoms with van der Waals surface area (Å²) >= 11 is 0. The van der Waals surface area contributed by atoms with Gasteiger partial charge in [0.05, 0.1) is 70.3 Å². The summed E-state index contributed by atoms with van der Waals surface area (Å²) in [6, 6.07) is 17.1. The second-order valence-electron chi connectivity index (χ2n) is 10.4. The zero-order valence-corrected chi connectivity index (χ0v) is 27.3. The van der Waals surface area contributed by atoms with Gasteiger partial charge in [-0.05, 0) is 42.0 Å². The van der Waals surface area contributed by atoms with Crippen LogP contribution < -0.4 is 5.73 Å². The van der Waals surface area contributed by atoms with Gasteiger partial charge in [0.1, 0.15) is 11.4 Å². The van der Waals surface area contributed by atoms with Gasteiger partial charge >= 0.3 is 11.9 Å². The number of nitrogens with zero attached hydrogens (tertiary/aromatic N) is 4. The number of carboxylic acids is 2. The van der Waals surface area contributed by atoms with Crippen molar-refractivity contribution in [2.45, 2.75) is 26.4 Å². The average molecular weight is 654 g/mol. The minimum atomic E-state index is -1.09. The number of benzene rings is 1. The monoisotopic (exact) mass is 653 g/mol. The van der Waals surface area contributed by atoms with Crippen LogP contribution in [0.2, 0.25) is 0 Å². The molecular weight excluding hydrogens is 606 g/mol. The first-order valence-corrected chi connectivity index (χ1v) is 15.9. The van der Waals surface area contributed by atoms with E-state index >= 15 is 0 Å². The molecule has 256 valence electrons. The summed E-state index contributed by atoms with van der Waals surface area (Å²) < 4.78 is 23.5. The third-order valence-corrected chi connectivity index (χ3v) is 7.19. The van der Waals surface area contributed by atoms with Crippen LogP contribution in [0.25, 0.3) is 0 Å². The van der Waals surface area contributed by atoms with Crippen molar-refractivity contribution >= 4 is 17.6 Å². The number of ether oxygens (including phenoxy) is 4. The van der Waals surface area contributed by atoms with Gasteiger partial charge < -0.3 is 34.9 Å². The molecule has 1 aliphatic rings. The van der Waals surface area contributed by atoms with Crippen molar-refractivity contribution in [3.63, 3.8) is 0 Å². The van der Waals surface area contributed by atoms with Crippen molar-refractivity contribution in [1.82, 2.24) is 19.8 Å². The number of pyridine rings is 2. The second-order valence-corrected chi connectivity index (χ2v) is 10.4. The number of aromatic carboxylic acids is 2. The Bertz CT molecular complexity index is 1340. The molecule has 0 saturated carbocycles. The van der Waals surface area contributed by atoms with Gasteiger partial charge in [0.15, 0.2) is 0 Å². The maximum Gasteiger partial charge on any atom is 0.354 e. The zero-order valence-electron chi connectivity index (χ0n) is 27.3. The van der Waals surface area contributed by atoms with Crippen LogP contribution in [-0.4, -0.2) is 121 Å². The number of anilines is 1. The number of rotatable bonds is 7. The van der Waals surface area contributed by atoms with E-state index in [1.807, 2.05) is 44.2 Å². The molecule has 4 rings (SSSR count). The van der Waals surface area contributed by atoms with Crippen molar-refractivity contribution in [1.29, 1.82) is 0 Å². The number of carboxylic acid groups (broad SMARTS) is 2. The Hall–Kier alpha value is -3.98. The molecular formula is C34H47N5O8. The van der Waals surface area contributed by atoms with Crippen LogP contribution >= 0.6 is 0 Å². The molecule has 13 nitrogen and oxygen atoms in total. The molecule has 1 aliphatic heterocycles. The number of nitrogen functional groups attached to an aromatic ring is 1. The molecule has 0 bridgehead atoms. The summed E-state index contributed by atoms with van der Waals surface area (Å²) in [6.07, 6.45) is 0. The molecule has 0 spiro atoms. The fraction of sp³-hybridized carbons (Fsp3) is 0.471. The van der Waals surface area contributed by atoms with Gasteiger partial charge in [0, 0.05) is 38.4 Å². The predicted molar refractivity (Wildman–Crippen MR) is 177 cm³/mol. The Kier molecular flexibility index (Phi) is 16.7. The molecule has 4 N–H and O–H groups in total. The molecule has 0 amide bonds. The Morgan fingerprint density at radius 3 is 1.72 bits per heavy atom. The third-order valence-electron chi connectivity index (χ3n) is 7.19. The number of hydrogen-bond acceptors (Lipinski definition) is 11. The summed E-state index contributed by atoms with van der Waals surface area (Å²) in [6.45, 7) is 10.1. The Morgan fingerprint density at radius 2 is 1.19 bits per heavy atom. The summed E-state index contributed by atoms with van der Waals surface area (Å²) in [5.41, 5.74) is 8.75. The van der Waals surface area contributed by atoms with E-state index in [2.05, 4.69) is 19.8 Å². The molecule has 3 aromatic rings. The summed E-state index contributed by atoms with van der Waals surface area (Å²) in [5.74, 6) is -2.15. The zero-order chi connectivity index (χ0) is 33.9. The molecule has 1 saturated heterocycles. The van der Waals surface area contributed by atoms with Crippen LogP contribution in [0.4, 0.5) is 5.69 Å². The fourth-order valence-electron chi connectivity index (χ4n) is 4.92. The number of carbonyl (C=O) groups is 2. The van der Waals surface area contributed by atoms with E-state index in [1.165, 1.54) is 12.1 Å². The van der Waals surface area contributed by atoms with Gasteiger partial charge in [-0.25, -0.2) is 19.6 Å². The highest BCUT2D eigenvalue weighted by Crippen LogP contribution is 2.28. The molecule has 1 fully saturated rings. The van der Waals surface area contributed by atoms with Crippen LogP contribution in [0, 0.1) is 0 Å². The van der Waals surface area contributed by atoms with Crippen LogP contribution in [0.1, 0.15) is 57.8 Å². The number of hydrogen-bond donors (Lipinski definition) is 3. The molecule has 47 heavy (non-hydrogen) atoms. The SMILES string of the molecule is CC.Nc1ccc(C(c2cccc(C(=O)O)n2)N2CCOCCOCCN(Cc3cccc(C(=O)O)n3)CCOCCOCC2)cc1. The van der Waals surface area contributed by atoms with Crippen LogP contribution in [0.15, 0.2) is 60.7 Å². The lowest BCUT2D eigenvalue weighted by Crippen LogP contribution is -2.36. The van der Waals surface area contributed by atoms with E-state index in [0.717, 1.165) is 5.56 Å². The number of nitrogens with two attached hydrogens (primary N) is 1. The largest absolute Gasteiger partial charge is 0.477 e. The van der Waals surface area contributed by atoms with Crippen molar-refractivity contribution in [3.8, 4) is 0 Å². The standard InChI is InChI=1S/C32H41N5O8.C2H6/c33-25-9-7-24(8-10-25)30(27-4-2-6-29(35-27)32(40)41)37-13-17-44-21-19-42-15-11-36(12-16-43-20-22-45-18-14-37)23-26-3-1-5-28(34-26)31(38)39;1-2/h1-10,30H,11-23,33H2,(H,38,39)(H,40,41);1-2H3. The maximum absolute atomic E-state index is 11.7. The predicted octanol–water partition coefficient (Wildman–Crippen LogP) is 3.46. The summed E-state index contributed by atoms with van der Waals surface area (Å²) in [5, 5.41) is 18.8. The van der Waals surface area contributed by atoms with E-state index in [1.54, 1.807) is 18.2 Å². The highest BCUT2D eigenvalue weighted by Gasteiger charge is 2.25. The minimum Gasteiger partial charge on any atom is -0.477 e. The second kappa shape index (κ2) is 21.0. The molecule has 2 aromatic heterocycles. The summed E-state index contributed by atoms with van der Waals surface area (Å²) in [4.78, 5) is 36.0. The third kappa shape index (κ3) is 13.0. The lowest BCUT2D eigenvalue weighted by atomic mass is 10.0. The molecule has 3 heterocycles. The van der Waals surface area contributed by atoms with Gasteiger partial charge in [-0.2, -0.15) is 0 Å². The van der Waals surface area contributed by atoms with Crippen molar-refractivity contribution in [3.05, 3.63) is 89.0 Å². The Morgan fingerprint density at radius 1 is 0.702 bits per heavy atom. The first kappa shape index (κ1) is 37.5. The minimum absolute atomic E-state index is 0.0130. The molecule has 13 heteroatoms. The quantitative estimate of drug-likeness (QED) is 0.317. The normalized spacial score (nSPS) is 17.3. The Labute approximate surface area is 276 Å². The van der Waals surface area contributed by atoms with Crippen LogP contribution in [0.3, 0.4) is 0 Å². The molecule has 1 aromatic carbocycles. The first-order chi connectivity index (χ1) is 22.9. The smallest absolute Gasteiger partial charge is 0.354 e. The Balaban J connectivity index is 0.00000294. The average Bonchev–Trinajstić information content (AvgIpc) is 3.08.